The van der Waals surface area contributed by atoms with Crippen molar-refractivity contribution in [3.05, 3.63) is 43.6 Å². The fraction of sp³-hybridized carbons (Fsp3) is 0.250. The number of nitrogens with zero attached hydrogens (tertiary/aromatic N) is 1. The molecule has 3 rings (SSSR count). The Labute approximate surface area is 179 Å². The van der Waals surface area contributed by atoms with Crippen LogP contribution in [0, 0.1) is 0 Å². The lowest BCUT2D eigenvalue weighted by atomic mass is 10.1. The van der Waals surface area contributed by atoms with Crippen molar-refractivity contribution in [2.24, 2.45) is 5.73 Å². The minimum atomic E-state index is -5.76. The normalized spacial score (nSPS) is 12.4. The molecule has 156 valence electrons. The summed E-state index contributed by atoms with van der Waals surface area (Å²) in [4.78, 5) is 33.9. The second kappa shape index (κ2) is 8.37. The number of ether oxygens (including phenoxy) is 1. The highest BCUT2D eigenvalue weighted by Gasteiger charge is 2.53. The number of hydrogen-bond donors (Lipinski definition) is 3. The van der Waals surface area contributed by atoms with Gasteiger partial charge in [0, 0.05) is 26.5 Å². The number of thiophene rings is 1. The van der Waals surface area contributed by atoms with Gasteiger partial charge >= 0.3 is 13.3 Å². The SMILES string of the molecule is NC(=O)c1cc(OCCCc2cncs2)c2sc(C(F)(F)P(=O)(O)O)c(Br)c2c1. The Kier molecular flexibility index (Phi) is 6.42. The number of primary amides is 1. The van der Waals surface area contributed by atoms with Gasteiger partial charge in [-0.05, 0) is 40.9 Å². The van der Waals surface area contributed by atoms with Crippen LogP contribution in [-0.2, 0) is 16.6 Å². The monoisotopic (exact) mass is 526 g/mol. The van der Waals surface area contributed by atoms with E-state index in [1.807, 2.05) is 0 Å². The average molecular weight is 527 g/mol. The van der Waals surface area contributed by atoms with Crippen LogP contribution in [0.25, 0.3) is 10.1 Å². The van der Waals surface area contributed by atoms with Crippen LogP contribution in [0.2, 0.25) is 0 Å². The van der Waals surface area contributed by atoms with E-state index in [0.29, 0.717) is 24.2 Å². The van der Waals surface area contributed by atoms with Gasteiger partial charge < -0.3 is 20.3 Å². The first-order chi connectivity index (χ1) is 13.5. The first-order valence-corrected chi connectivity index (χ1v) is 12.1. The number of aryl methyl sites for hydroxylation is 1. The summed E-state index contributed by atoms with van der Waals surface area (Å²) in [6.45, 7) is 0.231. The van der Waals surface area contributed by atoms with Crippen molar-refractivity contribution in [2.45, 2.75) is 18.5 Å². The van der Waals surface area contributed by atoms with Crippen molar-refractivity contribution < 1.29 is 32.7 Å². The summed E-state index contributed by atoms with van der Waals surface area (Å²) in [5, 5.41) is 0.159. The van der Waals surface area contributed by atoms with Gasteiger partial charge in [0.1, 0.15) is 10.6 Å². The predicted molar refractivity (Wildman–Crippen MR) is 110 cm³/mol. The lowest BCUT2D eigenvalue weighted by Crippen LogP contribution is -2.12. The maximum Gasteiger partial charge on any atom is 0.400 e. The lowest BCUT2D eigenvalue weighted by Gasteiger charge is -2.16. The summed E-state index contributed by atoms with van der Waals surface area (Å²) >= 11 is 4.97. The van der Waals surface area contributed by atoms with Gasteiger partial charge in [0.15, 0.2) is 0 Å². The number of nitrogens with two attached hydrogens (primary N) is 1. The first kappa shape index (κ1) is 22.3. The molecule has 1 aromatic carbocycles. The van der Waals surface area contributed by atoms with E-state index in [-0.39, 0.29) is 32.5 Å². The number of halogens is 3. The van der Waals surface area contributed by atoms with Crippen LogP contribution >= 0.6 is 46.2 Å². The van der Waals surface area contributed by atoms with E-state index < -0.39 is 24.0 Å². The second-order valence-electron chi connectivity index (χ2n) is 5.97. The molecular formula is C16H14BrF2N2O5PS2. The molecule has 0 aliphatic heterocycles. The van der Waals surface area contributed by atoms with Crippen LogP contribution in [0.1, 0.15) is 26.5 Å². The summed E-state index contributed by atoms with van der Waals surface area (Å²) < 4.78 is 45.6. The Morgan fingerprint density at radius 1 is 1.38 bits per heavy atom. The third-order valence-electron chi connectivity index (χ3n) is 3.93. The van der Waals surface area contributed by atoms with E-state index >= 15 is 0 Å². The van der Waals surface area contributed by atoms with Gasteiger partial charge in [0.2, 0.25) is 5.91 Å². The van der Waals surface area contributed by atoms with Crippen molar-refractivity contribution in [3.8, 4) is 5.75 Å². The van der Waals surface area contributed by atoms with Crippen LogP contribution in [0.3, 0.4) is 0 Å². The van der Waals surface area contributed by atoms with Crippen molar-refractivity contribution in [3.63, 3.8) is 0 Å². The largest absolute Gasteiger partial charge is 0.492 e. The minimum absolute atomic E-state index is 0.0273. The van der Waals surface area contributed by atoms with Crippen LogP contribution in [0.15, 0.2) is 28.3 Å². The molecule has 0 bridgehead atoms. The van der Waals surface area contributed by atoms with Gasteiger partial charge in [-0.15, -0.1) is 22.7 Å². The number of amides is 1. The molecule has 0 fully saturated rings. The first-order valence-electron chi connectivity index (χ1n) is 8.02. The Balaban J connectivity index is 1.98. The number of rotatable bonds is 8. The van der Waals surface area contributed by atoms with Crippen LogP contribution in [0.4, 0.5) is 8.78 Å². The number of hydrogen-bond acceptors (Lipinski definition) is 6. The molecule has 1 amide bonds. The number of fused-ring (bicyclic) bond motifs is 1. The van der Waals surface area contributed by atoms with Gasteiger partial charge in [-0.3, -0.25) is 14.3 Å². The standard InChI is InChI=1S/C16H14BrF2N2O5PS2/c17-12-10-4-8(15(20)22)5-11(26-3-1-2-9-6-21-7-28-9)13(10)29-14(12)16(18,19)27(23,24)25/h4-7H,1-3H2,(H2,20,22)(H2,23,24,25). The summed E-state index contributed by atoms with van der Waals surface area (Å²) in [6.07, 6.45) is 3.06. The Morgan fingerprint density at radius 2 is 2.10 bits per heavy atom. The number of thiazole rings is 1. The van der Waals surface area contributed by atoms with E-state index in [4.69, 9.17) is 20.3 Å². The van der Waals surface area contributed by atoms with Crippen molar-refractivity contribution in [2.75, 3.05) is 6.61 Å². The molecule has 0 aliphatic rings. The maximum absolute atomic E-state index is 14.3. The number of carbonyl (C=O) groups is 1. The molecule has 4 N–H and O–H groups in total. The zero-order valence-electron chi connectivity index (χ0n) is 14.5. The Morgan fingerprint density at radius 3 is 2.69 bits per heavy atom. The summed E-state index contributed by atoms with van der Waals surface area (Å²) in [5.41, 5.74) is 2.66. The molecular weight excluding hydrogens is 513 g/mol. The highest BCUT2D eigenvalue weighted by Crippen LogP contribution is 2.63. The fourth-order valence-electron chi connectivity index (χ4n) is 2.51. The molecule has 0 saturated carbocycles. The Hall–Kier alpha value is -1.43. The highest BCUT2D eigenvalue weighted by atomic mass is 79.9. The molecule has 0 saturated heterocycles. The summed E-state index contributed by atoms with van der Waals surface area (Å²) in [7, 11) is -5.76. The van der Waals surface area contributed by atoms with E-state index in [0.717, 1.165) is 4.88 Å². The second-order valence-corrected chi connectivity index (χ2v) is 10.4. The smallest absolute Gasteiger partial charge is 0.400 e. The molecule has 0 spiro atoms. The van der Waals surface area contributed by atoms with Gasteiger partial charge in [0.25, 0.3) is 0 Å². The van der Waals surface area contributed by atoms with Gasteiger partial charge in [-0.2, -0.15) is 8.78 Å². The molecule has 7 nitrogen and oxygen atoms in total. The van der Waals surface area contributed by atoms with Crippen LogP contribution < -0.4 is 10.5 Å². The van der Waals surface area contributed by atoms with Crippen LogP contribution in [-0.4, -0.2) is 27.3 Å². The predicted octanol–water partition coefficient (Wildman–Crippen LogP) is 4.46. The topological polar surface area (TPSA) is 123 Å². The van der Waals surface area contributed by atoms with E-state index in [1.165, 1.54) is 23.5 Å². The third-order valence-corrected chi connectivity index (χ3v) is 8.25. The molecule has 2 heterocycles. The molecule has 29 heavy (non-hydrogen) atoms. The van der Waals surface area contributed by atoms with E-state index in [2.05, 4.69) is 20.9 Å². The number of alkyl halides is 2. The maximum atomic E-state index is 14.3. The molecule has 0 unspecified atom stereocenters. The number of benzene rings is 1. The third kappa shape index (κ3) is 4.52. The summed E-state index contributed by atoms with van der Waals surface area (Å²) in [5.74, 6) is -0.651. The van der Waals surface area contributed by atoms with Crippen molar-refractivity contribution >= 4 is 62.2 Å². The molecule has 13 heteroatoms. The molecule has 0 aliphatic carbocycles. The highest BCUT2D eigenvalue weighted by molar-refractivity contribution is 9.10. The van der Waals surface area contributed by atoms with E-state index in [9.17, 15) is 18.1 Å². The lowest BCUT2D eigenvalue weighted by molar-refractivity contribution is 0.0595. The van der Waals surface area contributed by atoms with Gasteiger partial charge in [0.05, 0.1) is 16.8 Å². The zero-order valence-corrected chi connectivity index (χ0v) is 18.6. The number of carbonyl (C=O) groups excluding carboxylic acids is 1. The average Bonchev–Trinajstić information content (AvgIpc) is 3.26. The molecule has 2 aromatic heterocycles. The summed E-state index contributed by atoms with van der Waals surface area (Å²) in [6, 6.07) is 2.61. The molecule has 3 aromatic rings. The van der Waals surface area contributed by atoms with Gasteiger partial charge in [-0.1, -0.05) is 0 Å². The van der Waals surface area contributed by atoms with Crippen LogP contribution in [0.5, 0.6) is 5.75 Å². The Bertz CT molecular complexity index is 1100. The fourth-order valence-corrected chi connectivity index (χ4v) is 6.12. The van der Waals surface area contributed by atoms with Gasteiger partial charge in [-0.25, -0.2) is 0 Å². The zero-order chi connectivity index (χ0) is 21.4. The minimum Gasteiger partial charge on any atom is -0.492 e. The molecule has 0 atom stereocenters. The van der Waals surface area contributed by atoms with E-state index in [1.54, 1.807) is 11.7 Å². The van der Waals surface area contributed by atoms with Crippen molar-refractivity contribution in [1.29, 1.82) is 0 Å². The molecule has 0 radical (unpaired) electrons. The van der Waals surface area contributed by atoms with Crippen molar-refractivity contribution in [1.82, 2.24) is 4.98 Å². The number of aromatic nitrogens is 1. The quantitative estimate of drug-likeness (QED) is 0.294.